The maximum Gasteiger partial charge on any atom is 0.194 e. The summed E-state index contributed by atoms with van der Waals surface area (Å²) in [6.07, 6.45) is -0.233. The number of ketones is 1. The first-order valence-electron chi connectivity index (χ1n) is 5.50. The molecular formula is C14H7Cl2F3O. The quantitative estimate of drug-likeness (QED) is 0.585. The highest BCUT2D eigenvalue weighted by Crippen LogP contribution is 2.26. The SMILES string of the molecule is O=C(Cc1c(Cl)cccc1Cl)c1cc(F)c(F)c(F)c1. The molecule has 0 saturated heterocycles. The molecule has 104 valence electrons. The van der Waals surface area contributed by atoms with Crippen LogP contribution in [0.5, 0.6) is 0 Å². The zero-order valence-electron chi connectivity index (χ0n) is 9.89. The third-order valence-corrected chi connectivity index (χ3v) is 3.41. The second-order valence-corrected chi connectivity index (χ2v) is 4.87. The summed E-state index contributed by atoms with van der Waals surface area (Å²) in [6.45, 7) is 0. The zero-order valence-corrected chi connectivity index (χ0v) is 11.4. The predicted octanol–water partition coefficient (Wildman–Crippen LogP) is 4.84. The van der Waals surface area contributed by atoms with E-state index in [-0.39, 0.29) is 22.0 Å². The van der Waals surface area contributed by atoms with E-state index in [0.717, 1.165) is 0 Å². The molecule has 0 radical (unpaired) electrons. The Morgan fingerprint density at radius 1 is 1.00 bits per heavy atom. The van der Waals surface area contributed by atoms with Gasteiger partial charge in [0.2, 0.25) is 0 Å². The van der Waals surface area contributed by atoms with Crippen molar-refractivity contribution in [1.82, 2.24) is 0 Å². The van der Waals surface area contributed by atoms with Crippen LogP contribution in [0.4, 0.5) is 13.2 Å². The van der Waals surface area contributed by atoms with Gasteiger partial charge < -0.3 is 0 Å². The summed E-state index contributed by atoms with van der Waals surface area (Å²) in [5.41, 5.74) is 0.0726. The van der Waals surface area contributed by atoms with Gasteiger partial charge in [-0.05, 0) is 29.8 Å². The number of hydrogen-bond acceptors (Lipinski definition) is 1. The van der Waals surface area contributed by atoms with Crippen molar-refractivity contribution in [2.24, 2.45) is 0 Å². The Morgan fingerprint density at radius 2 is 1.50 bits per heavy atom. The van der Waals surface area contributed by atoms with Gasteiger partial charge in [0.25, 0.3) is 0 Å². The van der Waals surface area contributed by atoms with E-state index in [1.54, 1.807) is 18.2 Å². The number of halogens is 5. The molecule has 20 heavy (non-hydrogen) atoms. The minimum atomic E-state index is -1.61. The van der Waals surface area contributed by atoms with Gasteiger partial charge in [-0.2, -0.15) is 0 Å². The standard InChI is InChI=1S/C14H7Cl2F3O/c15-9-2-1-3-10(16)8(9)6-13(20)7-4-11(17)14(19)12(18)5-7/h1-5H,6H2. The lowest BCUT2D eigenvalue weighted by Crippen LogP contribution is -2.07. The van der Waals surface area contributed by atoms with E-state index in [9.17, 15) is 18.0 Å². The Kier molecular flexibility index (Phi) is 4.35. The van der Waals surface area contributed by atoms with Crippen LogP contribution in [0, 0.1) is 17.5 Å². The molecule has 1 nitrogen and oxygen atoms in total. The molecule has 0 heterocycles. The molecule has 6 heteroatoms. The Bertz CT molecular complexity index is 643. The minimum absolute atomic E-state index is 0.233. The molecule has 0 amide bonds. The van der Waals surface area contributed by atoms with Crippen LogP contribution < -0.4 is 0 Å². The molecule has 2 aromatic carbocycles. The highest BCUT2D eigenvalue weighted by molar-refractivity contribution is 6.36. The van der Waals surface area contributed by atoms with Crippen molar-refractivity contribution < 1.29 is 18.0 Å². The molecule has 0 saturated carbocycles. The largest absolute Gasteiger partial charge is 0.294 e. The van der Waals surface area contributed by atoms with E-state index >= 15 is 0 Å². The van der Waals surface area contributed by atoms with E-state index in [4.69, 9.17) is 23.2 Å². The summed E-state index contributed by atoms with van der Waals surface area (Å²) in [5, 5.41) is 0.544. The van der Waals surface area contributed by atoms with Gasteiger partial charge >= 0.3 is 0 Å². The molecule has 0 spiro atoms. The number of carbonyl (C=O) groups is 1. The normalized spacial score (nSPS) is 10.7. The molecule has 0 aliphatic heterocycles. The van der Waals surface area contributed by atoms with Gasteiger partial charge in [0.15, 0.2) is 23.2 Å². The molecule has 2 rings (SSSR count). The van der Waals surface area contributed by atoms with Crippen molar-refractivity contribution in [3.63, 3.8) is 0 Å². The second kappa shape index (κ2) is 5.85. The highest BCUT2D eigenvalue weighted by Gasteiger charge is 2.17. The average Bonchev–Trinajstić information content (AvgIpc) is 2.39. The lowest BCUT2D eigenvalue weighted by atomic mass is 10.0. The van der Waals surface area contributed by atoms with E-state index in [1.807, 2.05) is 0 Å². The van der Waals surface area contributed by atoms with E-state index in [0.29, 0.717) is 17.7 Å². The maximum atomic E-state index is 13.1. The van der Waals surface area contributed by atoms with Gasteiger partial charge in [0, 0.05) is 22.0 Å². The van der Waals surface area contributed by atoms with Crippen molar-refractivity contribution >= 4 is 29.0 Å². The third kappa shape index (κ3) is 2.97. The van der Waals surface area contributed by atoms with Crippen LogP contribution in [-0.2, 0) is 6.42 Å². The van der Waals surface area contributed by atoms with Crippen molar-refractivity contribution in [1.29, 1.82) is 0 Å². The summed E-state index contributed by atoms with van der Waals surface area (Å²) < 4.78 is 39.0. The average molecular weight is 319 g/mol. The van der Waals surface area contributed by atoms with Gasteiger partial charge in [-0.1, -0.05) is 29.3 Å². The number of rotatable bonds is 3. The summed E-state index contributed by atoms with van der Waals surface area (Å²) >= 11 is 11.8. The molecule has 0 bridgehead atoms. The van der Waals surface area contributed by atoms with Crippen LogP contribution in [0.1, 0.15) is 15.9 Å². The molecule has 0 aromatic heterocycles. The van der Waals surface area contributed by atoms with Crippen LogP contribution in [0.25, 0.3) is 0 Å². The zero-order chi connectivity index (χ0) is 14.9. The monoisotopic (exact) mass is 318 g/mol. The molecular weight excluding hydrogens is 312 g/mol. The minimum Gasteiger partial charge on any atom is -0.294 e. The van der Waals surface area contributed by atoms with Crippen molar-refractivity contribution in [2.45, 2.75) is 6.42 Å². The Labute approximate surface area is 122 Å². The molecule has 0 atom stereocenters. The van der Waals surface area contributed by atoms with E-state index < -0.39 is 23.2 Å². The van der Waals surface area contributed by atoms with Crippen LogP contribution in [0.2, 0.25) is 10.0 Å². The first kappa shape index (κ1) is 14.9. The van der Waals surface area contributed by atoms with Crippen LogP contribution in [-0.4, -0.2) is 5.78 Å². The number of benzene rings is 2. The fourth-order valence-electron chi connectivity index (χ4n) is 1.68. The molecule has 2 aromatic rings. The first-order valence-corrected chi connectivity index (χ1v) is 6.26. The molecule has 0 unspecified atom stereocenters. The van der Waals surface area contributed by atoms with Crippen molar-refractivity contribution in [2.75, 3.05) is 0 Å². The van der Waals surface area contributed by atoms with Crippen LogP contribution in [0.15, 0.2) is 30.3 Å². The summed E-state index contributed by atoms with van der Waals surface area (Å²) in [5.74, 6) is -5.06. The maximum absolute atomic E-state index is 13.1. The lowest BCUT2D eigenvalue weighted by molar-refractivity contribution is 0.0992. The summed E-state index contributed by atoms with van der Waals surface area (Å²) in [7, 11) is 0. The van der Waals surface area contributed by atoms with Crippen molar-refractivity contribution in [3.8, 4) is 0 Å². The fourth-order valence-corrected chi connectivity index (χ4v) is 2.21. The Morgan fingerprint density at radius 3 is 2.00 bits per heavy atom. The molecule has 0 aliphatic rings. The van der Waals surface area contributed by atoms with Crippen LogP contribution >= 0.6 is 23.2 Å². The summed E-state index contributed by atoms with van der Waals surface area (Å²) in [4.78, 5) is 12.0. The second-order valence-electron chi connectivity index (χ2n) is 4.05. The highest BCUT2D eigenvalue weighted by atomic mass is 35.5. The molecule has 0 N–H and O–H groups in total. The van der Waals surface area contributed by atoms with Gasteiger partial charge in [-0.3, -0.25) is 4.79 Å². The lowest BCUT2D eigenvalue weighted by Gasteiger charge is -2.07. The van der Waals surface area contributed by atoms with Crippen molar-refractivity contribution in [3.05, 3.63) is 69.0 Å². The fraction of sp³-hybridized carbons (Fsp3) is 0.0714. The van der Waals surface area contributed by atoms with E-state index in [2.05, 4.69) is 0 Å². The number of hydrogen-bond donors (Lipinski definition) is 0. The molecule has 0 aliphatic carbocycles. The van der Waals surface area contributed by atoms with Gasteiger partial charge in [0.05, 0.1) is 0 Å². The van der Waals surface area contributed by atoms with E-state index in [1.165, 1.54) is 0 Å². The Hall–Kier alpha value is -1.52. The van der Waals surface area contributed by atoms with Gasteiger partial charge in [0.1, 0.15) is 0 Å². The third-order valence-electron chi connectivity index (χ3n) is 2.70. The van der Waals surface area contributed by atoms with Gasteiger partial charge in [-0.15, -0.1) is 0 Å². The molecule has 0 fully saturated rings. The first-order chi connectivity index (χ1) is 9.40. The smallest absolute Gasteiger partial charge is 0.194 e. The number of Topliss-reactive ketones (excluding diaryl/α,β-unsaturated/α-hetero) is 1. The summed E-state index contributed by atoms with van der Waals surface area (Å²) in [6, 6.07) is 5.98. The predicted molar refractivity (Wildman–Crippen MR) is 70.8 cm³/mol. The Balaban J connectivity index is 2.34. The van der Waals surface area contributed by atoms with Crippen LogP contribution in [0.3, 0.4) is 0 Å². The number of carbonyl (C=O) groups excluding carboxylic acids is 1. The topological polar surface area (TPSA) is 17.1 Å². The van der Waals surface area contributed by atoms with Gasteiger partial charge in [-0.25, -0.2) is 13.2 Å².